The van der Waals surface area contributed by atoms with Crippen LogP contribution in [0.5, 0.6) is 11.5 Å². The van der Waals surface area contributed by atoms with Gasteiger partial charge in [-0.1, -0.05) is 18.2 Å². The number of amides is 1. The second-order valence-corrected chi connectivity index (χ2v) is 7.44. The van der Waals surface area contributed by atoms with Crippen LogP contribution >= 0.6 is 0 Å². The molecule has 0 aliphatic rings. The summed E-state index contributed by atoms with van der Waals surface area (Å²) in [5.41, 5.74) is 3.00. The number of aromatic nitrogens is 2. The lowest BCUT2D eigenvalue weighted by molar-refractivity contribution is -0.120. The van der Waals surface area contributed by atoms with E-state index < -0.39 is 0 Å². The van der Waals surface area contributed by atoms with Crippen LogP contribution in [0.15, 0.2) is 42.5 Å². The van der Waals surface area contributed by atoms with Crippen molar-refractivity contribution in [1.29, 1.82) is 0 Å². The molecule has 0 bridgehead atoms. The predicted octanol–water partition coefficient (Wildman–Crippen LogP) is 2.52. The van der Waals surface area contributed by atoms with Gasteiger partial charge < -0.3 is 24.3 Å². The summed E-state index contributed by atoms with van der Waals surface area (Å²) in [5, 5.41) is 3.01. The Morgan fingerprint density at radius 1 is 1.10 bits per heavy atom. The molecule has 3 rings (SSSR count). The van der Waals surface area contributed by atoms with Crippen molar-refractivity contribution in [2.45, 2.75) is 19.4 Å². The number of benzene rings is 2. The van der Waals surface area contributed by atoms with Crippen LogP contribution in [0.25, 0.3) is 11.0 Å². The summed E-state index contributed by atoms with van der Waals surface area (Å²) in [4.78, 5) is 19.3. The zero-order valence-electron chi connectivity index (χ0n) is 18.1. The molecule has 0 atom stereocenters. The molecular formula is C23H30N4O3. The van der Waals surface area contributed by atoms with E-state index in [2.05, 4.69) is 34.9 Å². The lowest BCUT2D eigenvalue weighted by Crippen LogP contribution is -2.28. The van der Waals surface area contributed by atoms with E-state index in [1.54, 1.807) is 14.2 Å². The molecule has 1 aromatic heterocycles. The maximum absolute atomic E-state index is 12.4. The Morgan fingerprint density at radius 3 is 2.60 bits per heavy atom. The fourth-order valence-corrected chi connectivity index (χ4v) is 3.42. The van der Waals surface area contributed by atoms with Crippen molar-refractivity contribution in [2.24, 2.45) is 0 Å². The Kier molecular flexibility index (Phi) is 7.30. The number of fused-ring (bicyclic) bond motifs is 1. The molecule has 0 aliphatic carbocycles. The minimum Gasteiger partial charge on any atom is -0.493 e. The van der Waals surface area contributed by atoms with Crippen LogP contribution in [0.4, 0.5) is 0 Å². The van der Waals surface area contributed by atoms with Gasteiger partial charge in [0.05, 0.1) is 31.7 Å². The first-order valence-electron chi connectivity index (χ1n) is 10.1. The fourth-order valence-electron chi connectivity index (χ4n) is 3.42. The second kappa shape index (κ2) is 10.1. The SMILES string of the molecule is COc1ccc(CC(=O)NCCc2nc3ccccc3n2CCN(C)C)cc1OC. The lowest BCUT2D eigenvalue weighted by atomic mass is 10.1. The Morgan fingerprint density at radius 2 is 1.87 bits per heavy atom. The summed E-state index contributed by atoms with van der Waals surface area (Å²) in [6.45, 7) is 2.33. The lowest BCUT2D eigenvalue weighted by Gasteiger charge is -2.14. The molecular weight excluding hydrogens is 380 g/mol. The van der Waals surface area contributed by atoms with Crippen LogP contribution in [0, 0.1) is 0 Å². The van der Waals surface area contributed by atoms with Crippen molar-refractivity contribution in [3.8, 4) is 11.5 Å². The molecule has 0 aliphatic heterocycles. The monoisotopic (exact) mass is 410 g/mol. The van der Waals surface area contributed by atoms with E-state index in [1.807, 2.05) is 36.4 Å². The number of hydrogen-bond donors (Lipinski definition) is 1. The summed E-state index contributed by atoms with van der Waals surface area (Å²) in [6, 6.07) is 13.7. The average molecular weight is 411 g/mol. The number of para-hydroxylation sites is 2. The van der Waals surface area contributed by atoms with Crippen LogP contribution in [-0.2, 0) is 24.2 Å². The normalized spacial score (nSPS) is 11.1. The van der Waals surface area contributed by atoms with E-state index >= 15 is 0 Å². The van der Waals surface area contributed by atoms with Crippen molar-refractivity contribution in [3.05, 3.63) is 53.9 Å². The van der Waals surface area contributed by atoms with Gasteiger partial charge in [0.15, 0.2) is 11.5 Å². The molecule has 0 unspecified atom stereocenters. The molecule has 0 saturated carbocycles. The molecule has 1 heterocycles. The first-order chi connectivity index (χ1) is 14.5. The van der Waals surface area contributed by atoms with E-state index in [-0.39, 0.29) is 12.3 Å². The highest BCUT2D eigenvalue weighted by Gasteiger charge is 2.12. The van der Waals surface area contributed by atoms with Crippen LogP contribution < -0.4 is 14.8 Å². The fraction of sp³-hybridized carbons (Fsp3) is 0.391. The van der Waals surface area contributed by atoms with Crippen molar-refractivity contribution < 1.29 is 14.3 Å². The van der Waals surface area contributed by atoms with Crippen LogP contribution in [0.2, 0.25) is 0 Å². The number of methoxy groups -OCH3 is 2. The number of nitrogens with zero attached hydrogens (tertiary/aromatic N) is 3. The molecule has 0 radical (unpaired) electrons. The molecule has 7 heteroatoms. The maximum Gasteiger partial charge on any atom is 0.224 e. The molecule has 0 saturated heterocycles. The van der Waals surface area contributed by atoms with Gasteiger partial charge in [-0.15, -0.1) is 0 Å². The highest BCUT2D eigenvalue weighted by Crippen LogP contribution is 2.27. The van der Waals surface area contributed by atoms with Gasteiger partial charge in [0, 0.05) is 26.1 Å². The van der Waals surface area contributed by atoms with Crippen molar-refractivity contribution >= 4 is 16.9 Å². The summed E-state index contributed by atoms with van der Waals surface area (Å²) < 4.78 is 12.8. The summed E-state index contributed by atoms with van der Waals surface area (Å²) in [5.74, 6) is 2.23. The highest BCUT2D eigenvalue weighted by molar-refractivity contribution is 5.79. The molecule has 1 amide bonds. The number of rotatable bonds is 10. The largest absolute Gasteiger partial charge is 0.493 e. The first-order valence-corrected chi connectivity index (χ1v) is 10.1. The standard InChI is InChI=1S/C23H30N4O3/c1-26(2)13-14-27-19-8-6-5-7-18(19)25-22(27)11-12-24-23(28)16-17-9-10-20(29-3)21(15-17)30-4/h5-10,15H,11-14,16H2,1-4H3,(H,24,28). The number of carbonyl (C=O) groups is 1. The van der Waals surface area contributed by atoms with Crippen LogP contribution in [0.1, 0.15) is 11.4 Å². The number of carbonyl (C=O) groups excluding carboxylic acids is 1. The first kappa shape index (κ1) is 21.6. The zero-order valence-corrected chi connectivity index (χ0v) is 18.1. The Bertz CT molecular complexity index is 997. The third kappa shape index (κ3) is 5.30. The van der Waals surface area contributed by atoms with E-state index in [1.165, 1.54) is 0 Å². The number of ether oxygens (including phenoxy) is 2. The quantitative estimate of drug-likeness (QED) is 0.556. The summed E-state index contributed by atoms with van der Waals surface area (Å²) in [6.07, 6.45) is 0.969. The van der Waals surface area contributed by atoms with E-state index in [4.69, 9.17) is 14.5 Å². The van der Waals surface area contributed by atoms with E-state index in [0.29, 0.717) is 24.5 Å². The van der Waals surface area contributed by atoms with Gasteiger partial charge in [0.2, 0.25) is 5.91 Å². The van der Waals surface area contributed by atoms with Crippen molar-refractivity contribution in [1.82, 2.24) is 19.8 Å². The second-order valence-electron chi connectivity index (χ2n) is 7.44. The topological polar surface area (TPSA) is 68.6 Å². The minimum absolute atomic E-state index is 0.0295. The minimum atomic E-state index is -0.0295. The van der Waals surface area contributed by atoms with Gasteiger partial charge in [-0.25, -0.2) is 4.98 Å². The molecule has 2 aromatic carbocycles. The highest BCUT2D eigenvalue weighted by atomic mass is 16.5. The van der Waals surface area contributed by atoms with Gasteiger partial charge >= 0.3 is 0 Å². The average Bonchev–Trinajstić information content (AvgIpc) is 3.09. The van der Waals surface area contributed by atoms with Gasteiger partial charge in [-0.3, -0.25) is 4.79 Å². The smallest absolute Gasteiger partial charge is 0.224 e. The molecule has 3 aromatic rings. The molecule has 160 valence electrons. The van der Waals surface area contributed by atoms with E-state index in [0.717, 1.165) is 35.5 Å². The number of nitrogens with one attached hydrogen (secondary N) is 1. The van der Waals surface area contributed by atoms with Crippen molar-refractivity contribution in [3.63, 3.8) is 0 Å². The van der Waals surface area contributed by atoms with Crippen molar-refractivity contribution in [2.75, 3.05) is 41.4 Å². The van der Waals surface area contributed by atoms with E-state index in [9.17, 15) is 4.79 Å². The van der Waals surface area contributed by atoms with Gasteiger partial charge in [0.25, 0.3) is 0 Å². The van der Waals surface area contributed by atoms with Gasteiger partial charge in [-0.2, -0.15) is 0 Å². The van der Waals surface area contributed by atoms with Gasteiger partial charge in [0.1, 0.15) is 5.82 Å². The Labute approximate surface area is 177 Å². The predicted molar refractivity (Wildman–Crippen MR) is 118 cm³/mol. The summed E-state index contributed by atoms with van der Waals surface area (Å²) in [7, 11) is 7.31. The molecule has 30 heavy (non-hydrogen) atoms. The zero-order chi connectivity index (χ0) is 21.5. The Balaban J connectivity index is 1.61. The third-order valence-corrected chi connectivity index (χ3v) is 4.99. The molecule has 1 N–H and O–H groups in total. The third-order valence-electron chi connectivity index (χ3n) is 4.99. The molecule has 7 nitrogen and oxygen atoms in total. The number of hydrogen-bond acceptors (Lipinski definition) is 5. The Hall–Kier alpha value is -3.06. The van der Waals surface area contributed by atoms with Crippen LogP contribution in [0.3, 0.4) is 0 Å². The van der Waals surface area contributed by atoms with Gasteiger partial charge in [-0.05, 0) is 43.9 Å². The summed E-state index contributed by atoms with van der Waals surface area (Å²) >= 11 is 0. The number of likely N-dealkylation sites (N-methyl/N-ethyl adjacent to an activating group) is 1. The molecule has 0 spiro atoms. The molecule has 0 fully saturated rings. The maximum atomic E-state index is 12.4. The number of imidazole rings is 1. The van der Waals surface area contributed by atoms with Crippen LogP contribution in [-0.4, -0.2) is 61.8 Å².